The third kappa shape index (κ3) is 4.77. The molecule has 1 aliphatic rings. The number of ether oxygens (including phenoxy) is 1. The highest BCUT2D eigenvalue weighted by molar-refractivity contribution is 5.90. The molecular weight excluding hydrogens is 294 g/mol. The minimum atomic E-state index is -0.506. The van der Waals surface area contributed by atoms with Crippen LogP contribution in [0.2, 0.25) is 0 Å². The lowest BCUT2D eigenvalue weighted by molar-refractivity contribution is 0.103. The molecule has 0 radical (unpaired) electrons. The Morgan fingerprint density at radius 1 is 1.48 bits per heavy atom. The largest absolute Gasteiger partial charge is 0.497 e. The Labute approximate surface area is 130 Å². The molecule has 6 nitrogen and oxygen atoms in total. The summed E-state index contributed by atoms with van der Waals surface area (Å²) in [5, 5.41) is 18.5. The zero-order valence-corrected chi connectivity index (χ0v) is 13.0. The van der Waals surface area contributed by atoms with Crippen LogP contribution in [0, 0.1) is 6.92 Å². The Morgan fingerprint density at radius 3 is 2.90 bits per heavy atom. The maximum absolute atomic E-state index is 12.0. The van der Waals surface area contributed by atoms with Crippen LogP contribution >= 0.6 is 12.4 Å². The van der Waals surface area contributed by atoms with E-state index in [0.717, 1.165) is 12.1 Å². The number of aliphatic hydroxyl groups excluding tert-OH is 1. The van der Waals surface area contributed by atoms with Gasteiger partial charge in [-0.05, 0) is 31.5 Å². The third-order valence-corrected chi connectivity index (χ3v) is 3.46. The minimum Gasteiger partial charge on any atom is -0.497 e. The standard InChI is InChI=1S/C14H21N3O3.ClH/c1-9-3-4-10(20-2)7-11(9)16-14(19)17-12-8-15-6-5-13(12)18;/h3-4,7,12-13,15,18H,5-6,8H2,1-2H3,(H2,16,17,19);1H/t12-,13-;/m1./s1. The van der Waals surface area contributed by atoms with Crippen LogP contribution in [0.1, 0.15) is 12.0 Å². The first-order chi connectivity index (χ1) is 9.60. The molecule has 0 spiro atoms. The van der Waals surface area contributed by atoms with Crippen LogP contribution in [0.5, 0.6) is 5.75 Å². The summed E-state index contributed by atoms with van der Waals surface area (Å²) in [5.41, 5.74) is 1.64. The van der Waals surface area contributed by atoms with Crippen molar-refractivity contribution >= 4 is 24.1 Å². The first-order valence-corrected chi connectivity index (χ1v) is 6.71. The summed E-state index contributed by atoms with van der Waals surface area (Å²) in [5.74, 6) is 0.685. The van der Waals surface area contributed by atoms with Gasteiger partial charge in [-0.15, -0.1) is 12.4 Å². The fourth-order valence-electron chi connectivity index (χ4n) is 2.18. The third-order valence-electron chi connectivity index (χ3n) is 3.46. The number of benzene rings is 1. The van der Waals surface area contributed by atoms with E-state index in [1.54, 1.807) is 13.2 Å². The molecule has 118 valence electrons. The molecule has 4 N–H and O–H groups in total. The average Bonchev–Trinajstić information content (AvgIpc) is 2.44. The van der Waals surface area contributed by atoms with Crippen LogP contribution in [-0.2, 0) is 0 Å². The fourth-order valence-corrected chi connectivity index (χ4v) is 2.18. The smallest absolute Gasteiger partial charge is 0.319 e. The van der Waals surface area contributed by atoms with Crippen LogP contribution in [-0.4, -0.2) is 43.5 Å². The molecule has 1 aliphatic heterocycles. The fraction of sp³-hybridized carbons (Fsp3) is 0.500. The first-order valence-electron chi connectivity index (χ1n) is 6.71. The Morgan fingerprint density at radius 2 is 2.24 bits per heavy atom. The molecule has 2 rings (SSSR count). The molecule has 0 unspecified atom stereocenters. The van der Waals surface area contributed by atoms with Crippen LogP contribution in [0.15, 0.2) is 18.2 Å². The number of halogens is 1. The molecule has 1 saturated heterocycles. The lowest BCUT2D eigenvalue weighted by Crippen LogP contribution is -2.54. The van der Waals surface area contributed by atoms with E-state index in [0.29, 0.717) is 24.4 Å². The number of nitrogens with one attached hydrogen (secondary N) is 3. The predicted molar refractivity (Wildman–Crippen MR) is 84.4 cm³/mol. The number of aryl methyl sites for hydroxylation is 1. The molecular formula is C14H22ClN3O3. The van der Waals surface area contributed by atoms with Gasteiger partial charge in [0.25, 0.3) is 0 Å². The van der Waals surface area contributed by atoms with Crippen molar-refractivity contribution in [3.8, 4) is 5.75 Å². The summed E-state index contributed by atoms with van der Waals surface area (Å²) in [4.78, 5) is 12.0. The molecule has 0 aromatic heterocycles. The number of anilines is 1. The van der Waals surface area contributed by atoms with Crippen molar-refractivity contribution in [2.24, 2.45) is 0 Å². The second-order valence-corrected chi connectivity index (χ2v) is 4.95. The summed E-state index contributed by atoms with van der Waals surface area (Å²) < 4.78 is 5.14. The summed E-state index contributed by atoms with van der Waals surface area (Å²) in [6.07, 6.45) is 0.136. The number of carbonyl (C=O) groups is 1. The monoisotopic (exact) mass is 315 g/mol. The minimum absolute atomic E-state index is 0. The molecule has 1 aromatic rings. The maximum atomic E-state index is 12.0. The Kier molecular flexibility index (Phi) is 6.74. The summed E-state index contributed by atoms with van der Waals surface area (Å²) in [6.45, 7) is 3.26. The van der Waals surface area contributed by atoms with Gasteiger partial charge >= 0.3 is 6.03 Å². The van der Waals surface area contributed by atoms with E-state index >= 15 is 0 Å². The molecule has 0 aliphatic carbocycles. The average molecular weight is 316 g/mol. The second kappa shape index (κ2) is 8.07. The van der Waals surface area contributed by atoms with Gasteiger partial charge in [-0.1, -0.05) is 6.07 Å². The molecule has 1 fully saturated rings. The van der Waals surface area contributed by atoms with Gasteiger partial charge in [0.1, 0.15) is 5.75 Å². The van der Waals surface area contributed by atoms with Crippen LogP contribution in [0.25, 0.3) is 0 Å². The number of methoxy groups -OCH3 is 1. The molecule has 2 amide bonds. The second-order valence-electron chi connectivity index (χ2n) is 4.95. The van der Waals surface area contributed by atoms with E-state index in [2.05, 4.69) is 16.0 Å². The molecule has 7 heteroatoms. The van der Waals surface area contributed by atoms with Gasteiger partial charge in [0.05, 0.1) is 19.3 Å². The molecule has 0 bridgehead atoms. The van der Waals surface area contributed by atoms with E-state index in [-0.39, 0.29) is 24.5 Å². The number of piperidine rings is 1. The van der Waals surface area contributed by atoms with E-state index in [1.165, 1.54) is 0 Å². The van der Waals surface area contributed by atoms with Gasteiger partial charge in [-0.2, -0.15) is 0 Å². The number of carbonyl (C=O) groups excluding carboxylic acids is 1. The number of urea groups is 1. The zero-order valence-electron chi connectivity index (χ0n) is 12.2. The van der Waals surface area contributed by atoms with Crippen molar-refractivity contribution in [2.75, 3.05) is 25.5 Å². The molecule has 0 saturated carbocycles. The van der Waals surface area contributed by atoms with Gasteiger partial charge in [0.2, 0.25) is 0 Å². The summed E-state index contributed by atoms with van der Waals surface area (Å²) in [6, 6.07) is 4.90. The molecule has 21 heavy (non-hydrogen) atoms. The van der Waals surface area contributed by atoms with Crippen molar-refractivity contribution in [3.63, 3.8) is 0 Å². The molecule has 2 atom stereocenters. The van der Waals surface area contributed by atoms with Gasteiger partial charge in [0, 0.05) is 18.3 Å². The normalized spacial score (nSPS) is 21.1. The topological polar surface area (TPSA) is 82.6 Å². The Balaban J connectivity index is 0.00000220. The Hall–Kier alpha value is -1.50. The summed E-state index contributed by atoms with van der Waals surface area (Å²) >= 11 is 0. The van der Waals surface area contributed by atoms with Crippen molar-refractivity contribution in [1.82, 2.24) is 10.6 Å². The number of hydrogen-bond donors (Lipinski definition) is 4. The lowest BCUT2D eigenvalue weighted by atomic mass is 10.0. The van der Waals surface area contributed by atoms with Crippen molar-refractivity contribution < 1.29 is 14.6 Å². The highest BCUT2D eigenvalue weighted by atomic mass is 35.5. The molecule has 1 heterocycles. The van der Waals surface area contributed by atoms with Crippen molar-refractivity contribution in [2.45, 2.75) is 25.5 Å². The zero-order chi connectivity index (χ0) is 14.5. The number of rotatable bonds is 3. The van der Waals surface area contributed by atoms with E-state index in [9.17, 15) is 9.90 Å². The van der Waals surface area contributed by atoms with E-state index in [1.807, 2.05) is 19.1 Å². The van der Waals surface area contributed by atoms with Crippen LogP contribution in [0.3, 0.4) is 0 Å². The van der Waals surface area contributed by atoms with Crippen molar-refractivity contribution in [3.05, 3.63) is 23.8 Å². The SMILES string of the molecule is COc1ccc(C)c(NC(=O)N[C@@H]2CNCC[C@H]2O)c1.Cl. The van der Waals surface area contributed by atoms with E-state index < -0.39 is 6.10 Å². The maximum Gasteiger partial charge on any atom is 0.319 e. The van der Waals surface area contributed by atoms with Crippen molar-refractivity contribution in [1.29, 1.82) is 0 Å². The van der Waals surface area contributed by atoms with Gasteiger partial charge < -0.3 is 25.8 Å². The van der Waals surface area contributed by atoms with E-state index in [4.69, 9.17) is 4.74 Å². The number of hydrogen-bond acceptors (Lipinski definition) is 4. The van der Waals surface area contributed by atoms with Gasteiger partial charge in [-0.3, -0.25) is 0 Å². The van der Waals surface area contributed by atoms with Gasteiger partial charge in [0.15, 0.2) is 0 Å². The van der Waals surface area contributed by atoms with Crippen LogP contribution < -0.4 is 20.7 Å². The first kappa shape index (κ1) is 17.6. The number of aliphatic hydroxyl groups is 1. The summed E-state index contributed by atoms with van der Waals surface area (Å²) in [7, 11) is 1.58. The lowest BCUT2D eigenvalue weighted by Gasteiger charge is -2.29. The predicted octanol–water partition coefficient (Wildman–Crippen LogP) is 1.27. The van der Waals surface area contributed by atoms with Crippen LogP contribution in [0.4, 0.5) is 10.5 Å². The van der Waals surface area contributed by atoms with Gasteiger partial charge in [-0.25, -0.2) is 4.79 Å². The Bertz CT molecular complexity index is 485. The molecule has 1 aromatic carbocycles. The highest BCUT2D eigenvalue weighted by Gasteiger charge is 2.24. The quantitative estimate of drug-likeness (QED) is 0.677. The number of amides is 2. The highest BCUT2D eigenvalue weighted by Crippen LogP contribution is 2.21.